The number of aromatic carboxylic acids is 1. The number of benzene rings is 1. The van der Waals surface area contributed by atoms with Crippen LogP contribution >= 0.6 is 0 Å². The predicted molar refractivity (Wildman–Crippen MR) is 72.7 cm³/mol. The van der Waals surface area contributed by atoms with Crippen molar-refractivity contribution in [3.05, 3.63) is 45.7 Å². The molecule has 2 atom stereocenters. The van der Waals surface area contributed by atoms with Crippen molar-refractivity contribution in [3.8, 4) is 6.07 Å². The van der Waals surface area contributed by atoms with E-state index in [1.807, 2.05) is 0 Å². The molecule has 7 nitrogen and oxygen atoms in total. The summed E-state index contributed by atoms with van der Waals surface area (Å²) >= 11 is 0. The minimum atomic E-state index is -1.33. The highest BCUT2D eigenvalue weighted by Crippen LogP contribution is 2.21. The van der Waals surface area contributed by atoms with Gasteiger partial charge in [0.15, 0.2) is 0 Å². The minimum Gasteiger partial charge on any atom is -0.477 e. The molecule has 21 heavy (non-hydrogen) atoms. The number of nitrogens with zero attached hydrogens (tertiary/aromatic N) is 1. The zero-order valence-electron chi connectivity index (χ0n) is 10.8. The van der Waals surface area contributed by atoms with E-state index in [4.69, 9.17) is 10.4 Å². The standard InChI is InChI=1S/C14H12N2O5/c15-4-3-11(17)12(18)7-1-2-8-10(5-7)16-6-9(13(8)19)14(20)21/h1-2,5-6,11-12,17-18H,3H2,(H,16,19)(H,20,21). The highest BCUT2D eigenvalue weighted by atomic mass is 16.4. The molecule has 0 aliphatic heterocycles. The maximum atomic E-state index is 11.9. The summed E-state index contributed by atoms with van der Waals surface area (Å²) in [4.78, 5) is 25.5. The minimum absolute atomic E-state index is 0.167. The summed E-state index contributed by atoms with van der Waals surface area (Å²) in [6, 6.07) is 5.97. The Labute approximate surface area is 118 Å². The molecule has 1 heterocycles. The quantitative estimate of drug-likeness (QED) is 0.648. The van der Waals surface area contributed by atoms with Gasteiger partial charge < -0.3 is 20.3 Å². The van der Waals surface area contributed by atoms with Crippen molar-refractivity contribution in [1.29, 1.82) is 5.26 Å². The van der Waals surface area contributed by atoms with Crippen molar-refractivity contribution in [2.75, 3.05) is 0 Å². The van der Waals surface area contributed by atoms with Gasteiger partial charge in [-0.2, -0.15) is 5.26 Å². The van der Waals surface area contributed by atoms with E-state index < -0.39 is 23.6 Å². The number of fused-ring (bicyclic) bond motifs is 1. The van der Waals surface area contributed by atoms with E-state index in [1.165, 1.54) is 18.2 Å². The largest absolute Gasteiger partial charge is 0.477 e. The molecule has 2 aromatic rings. The summed E-state index contributed by atoms with van der Waals surface area (Å²) in [5.41, 5.74) is -0.343. The summed E-state index contributed by atoms with van der Waals surface area (Å²) in [6.07, 6.45) is -1.66. The monoisotopic (exact) mass is 288 g/mol. The molecule has 0 aliphatic carbocycles. The maximum absolute atomic E-state index is 11.9. The van der Waals surface area contributed by atoms with Crippen LogP contribution in [0.1, 0.15) is 28.4 Å². The first-order chi connectivity index (χ1) is 9.95. The van der Waals surface area contributed by atoms with Crippen LogP contribution in [0.15, 0.2) is 29.2 Å². The summed E-state index contributed by atoms with van der Waals surface area (Å²) in [5, 5.41) is 37.0. The molecule has 1 aromatic heterocycles. The molecule has 1 aromatic carbocycles. The number of aliphatic hydroxyl groups excluding tert-OH is 2. The third kappa shape index (κ3) is 2.76. The summed E-state index contributed by atoms with van der Waals surface area (Å²) < 4.78 is 0. The van der Waals surface area contributed by atoms with Gasteiger partial charge in [0.2, 0.25) is 5.43 Å². The van der Waals surface area contributed by atoms with Crippen LogP contribution in [0, 0.1) is 11.3 Å². The SMILES string of the molecule is N#CCC(O)C(O)c1ccc2c(=O)c(C(=O)O)c[nH]c2c1. The van der Waals surface area contributed by atoms with E-state index in [0.29, 0.717) is 11.1 Å². The highest BCUT2D eigenvalue weighted by Gasteiger charge is 2.19. The van der Waals surface area contributed by atoms with E-state index in [0.717, 1.165) is 6.20 Å². The Morgan fingerprint density at radius 1 is 1.38 bits per heavy atom. The lowest BCUT2D eigenvalue weighted by molar-refractivity contribution is 0.0217. The number of carbonyl (C=O) groups is 1. The van der Waals surface area contributed by atoms with Crippen LogP contribution in [0.5, 0.6) is 0 Å². The second-order valence-electron chi connectivity index (χ2n) is 4.52. The Hall–Kier alpha value is -2.69. The molecule has 2 rings (SSSR count). The number of aromatic nitrogens is 1. The summed E-state index contributed by atoms with van der Waals surface area (Å²) in [5.74, 6) is -1.33. The zero-order valence-corrected chi connectivity index (χ0v) is 10.8. The van der Waals surface area contributed by atoms with Crippen LogP contribution in [0.25, 0.3) is 10.9 Å². The molecule has 7 heteroatoms. The average molecular weight is 288 g/mol. The Morgan fingerprint density at radius 2 is 2.10 bits per heavy atom. The molecule has 0 saturated carbocycles. The fraction of sp³-hybridized carbons (Fsp3) is 0.214. The predicted octanol–water partition coefficient (Wildman–Crippen LogP) is 0.534. The Morgan fingerprint density at radius 3 is 2.71 bits per heavy atom. The molecule has 0 fully saturated rings. The number of H-pyrrole nitrogens is 1. The lowest BCUT2D eigenvalue weighted by Gasteiger charge is -2.16. The Kier molecular flexibility index (Phi) is 4.03. The van der Waals surface area contributed by atoms with Gasteiger partial charge in [-0.1, -0.05) is 6.07 Å². The van der Waals surface area contributed by atoms with E-state index in [-0.39, 0.29) is 17.4 Å². The van der Waals surface area contributed by atoms with Gasteiger partial charge >= 0.3 is 5.97 Å². The maximum Gasteiger partial charge on any atom is 0.341 e. The number of pyridine rings is 1. The molecule has 0 radical (unpaired) electrons. The van der Waals surface area contributed by atoms with Crippen molar-refractivity contribution in [2.45, 2.75) is 18.6 Å². The molecule has 108 valence electrons. The second kappa shape index (κ2) is 5.75. The second-order valence-corrected chi connectivity index (χ2v) is 4.52. The van der Waals surface area contributed by atoms with Crippen LogP contribution in [-0.2, 0) is 0 Å². The molecular weight excluding hydrogens is 276 g/mol. The molecule has 0 aliphatic rings. The van der Waals surface area contributed by atoms with E-state index >= 15 is 0 Å². The number of carboxylic acids is 1. The van der Waals surface area contributed by atoms with Crippen LogP contribution in [-0.4, -0.2) is 32.4 Å². The van der Waals surface area contributed by atoms with Crippen molar-refractivity contribution >= 4 is 16.9 Å². The third-order valence-corrected chi connectivity index (χ3v) is 3.14. The zero-order chi connectivity index (χ0) is 15.6. The van der Waals surface area contributed by atoms with Crippen molar-refractivity contribution < 1.29 is 20.1 Å². The number of carboxylic acid groups (broad SMARTS) is 1. The van der Waals surface area contributed by atoms with Crippen molar-refractivity contribution in [2.24, 2.45) is 0 Å². The first-order valence-electron chi connectivity index (χ1n) is 6.07. The van der Waals surface area contributed by atoms with Gasteiger partial charge in [-0.3, -0.25) is 4.79 Å². The molecule has 4 N–H and O–H groups in total. The lowest BCUT2D eigenvalue weighted by atomic mass is 10.0. The van der Waals surface area contributed by atoms with Crippen molar-refractivity contribution in [3.63, 3.8) is 0 Å². The lowest BCUT2D eigenvalue weighted by Crippen LogP contribution is -2.18. The number of aromatic amines is 1. The van der Waals surface area contributed by atoms with Gasteiger partial charge in [0, 0.05) is 17.1 Å². The topological polar surface area (TPSA) is 134 Å². The first kappa shape index (κ1) is 14.7. The van der Waals surface area contributed by atoms with Gasteiger partial charge in [0.05, 0.1) is 18.6 Å². The molecule has 0 bridgehead atoms. The van der Waals surface area contributed by atoms with Crippen molar-refractivity contribution in [1.82, 2.24) is 4.98 Å². The number of rotatable bonds is 4. The Balaban J connectivity index is 2.49. The fourth-order valence-electron chi connectivity index (χ4n) is 2.01. The fourth-order valence-corrected chi connectivity index (χ4v) is 2.01. The molecule has 0 saturated heterocycles. The first-order valence-corrected chi connectivity index (χ1v) is 6.07. The van der Waals surface area contributed by atoms with Crippen LogP contribution in [0.3, 0.4) is 0 Å². The molecule has 2 unspecified atom stereocenters. The highest BCUT2D eigenvalue weighted by molar-refractivity contribution is 5.92. The van der Waals surface area contributed by atoms with Gasteiger partial charge in [-0.05, 0) is 17.7 Å². The van der Waals surface area contributed by atoms with Crippen LogP contribution in [0.2, 0.25) is 0 Å². The molecular formula is C14H12N2O5. The van der Waals surface area contributed by atoms with E-state index in [1.54, 1.807) is 6.07 Å². The third-order valence-electron chi connectivity index (χ3n) is 3.14. The Bertz CT molecular complexity index is 790. The number of aliphatic hydroxyl groups is 2. The van der Waals surface area contributed by atoms with Gasteiger partial charge in [-0.15, -0.1) is 0 Å². The van der Waals surface area contributed by atoms with E-state index in [9.17, 15) is 19.8 Å². The number of nitrogens with one attached hydrogen (secondary N) is 1. The number of hydrogen-bond donors (Lipinski definition) is 4. The average Bonchev–Trinajstić information content (AvgIpc) is 2.46. The smallest absolute Gasteiger partial charge is 0.341 e. The van der Waals surface area contributed by atoms with Crippen LogP contribution < -0.4 is 5.43 Å². The van der Waals surface area contributed by atoms with Crippen LogP contribution in [0.4, 0.5) is 0 Å². The number of nitriles is 1. The molecule has 0 amide bonds. The normalized spacial score (nSPS) is 13.6. The number of hydrogen-bond acceptors (Lipinski definition) is 5. The molecule has 0 spiro atoms. The van der Waals surface area contributed by atoms with E-state index in [2.05, 4.69) is 4.98 Å². The van der Waals surface area contributed by atoms with Gasteiger partial charge in [0.25, 0.3) is 0 Å². The summed E-state index contributed by atoms with van der Waals surface area (Å²) in [6.45, 7) is 0. The van der Waals surface area contributed by atoms with Gasteiger partial charge in [0.1, 0.15) is 11.7 Å². The van der Waals surface area contributed by atoms with Gasteiger partial charge in [-0.25, -0.2) is 4.79 Å². The summed E-state index contributed by atoms with van der Waals surface area (Å²) in [7, 11) is 0.